The van der Waals surface area contributed by atoms with E-state index in [-0.39, 0.29) is 17.6 Å². The van der Waals surface area contributed by atoms with Gasteiger partial charge in [0.15, 0.2) is 5.78 Å². The van der Waals surface area contributed by atoms with Gasteiger partial charge in [0.1, 0.15) is 5.54 Å². The van der Waals surface area contributed by atoms with Gasteiger partial charge in [-0.15, -0.1) is 0 Å². The summed E-state index contributed by atoms with van der Waals surface area (Å²) in [5, 5.41) is 7.56. The fraction of sp³-hybridized carbons (Fsp3) is 0.226. The Bertz CT molecular complexity index is 1720. The van der Waals surface area contributed by atoms with Crippen molar-refractivity contribution in [2.45, 2.75) is 31.8 Å². The number of rotatable bonds is 4. The Morgan fingerprint density at radius 2 is 1.72 bits per heavy atom. The van der Waals surface area contributed by atoms with Gasteiger partial charge in [0.05, 0.1) is 17.5 Å². The van der Waals surface area contributed by atoms with E-state index in [1.54, 1.807) is 24.3 Å². The van der Waals surface area contributed by atoms with Crippen LogP contribution in [-0.4, -0.2) is 34.5 Å². The van der Waals surface area contributed by atoms with Gasteiger partial charge in [0, 0.05) is 40.0 Å². The topological polar surface area (TPSA) is 111 Å². The van der Waals surface area contributed by atoms with Crippen molar-refractivity contribution in [1.82, 2.24) is 10.3 Å². The van der Waals surface area contributed by atoms with E-state index in [0.29, 0.717) is 28.9 Å². The number of aryl methyl sites for hydroxylation is 1. The third kappa shape index (κ3) is 3.15. The number of imide groups is 1. The summed E-state index contributed by atoms with van der Waals surface area (Å²) in [6.07, 6.45) is 2.39. The molecule has 39 heavy (non-hydrogen) atoms. The number of aromatic nitrogens is 1. The molecule has 4 heterocycles. The first-order chi connectivity index (χ1) is 18.8. The van der Waals surface area contributed by atoms with Crippen LogP contribution in [0.25, 0.3) is 10.9 Å². The highest BCUT2D eigenvalue weighted by Crippen LogP contribution is 2.54. The van der Waals surface area contributed by atoms with Gasteiger partial charge >= 0.3 is 0 Å². The minimum Gasteiger partial charge on any atom is -0.361 e. The van der Waals surface area contributed by atoms with Crippen LogP contribution >= 0.6 is 0 Å². The van der Waals surface area contributed by atoms with Gasteiger partial charge in [-0.25, -0.2) is 4.90 Å². The maximum atomic E-state index is 14.2. The van der Waals surface area contributed by atoms with E-state index in [9.17, 15) is 19.2 Å². The van der Waals surface area contributed by atoms with Crippen LogP contribution in [0.1, 0.15) is 34.0 Å². The predicted molar refractivity (Wildman–Crippen MR) is 146 cm³/mol. The second kappa shape index (κ2) is 8.22. The van der Waals surface area contributed by atoms with Crippen molar-refractivity contribution < 1.29 is 19.2 Å². The molecular formula is C31H26N4O4. The highest BCUT2D eigenvalue weighted by atomic mass is 16.2. The van der Waals surface area contributed by atoms with Crippen LogP contribution in [0.4, 0.5) is 11.4 Å². The zero-order chi connectivity index (χ0) is 27.1. The van der Waals surface area contributed by atoms with E-state index >= 15 is 0 Å². The van der Waals surface area contributed by atoms with Gasteiger partial charge in [-0.2, -0.15) is 0 Å². The van der Waals surface area contributed by atoms with E-state index in [1.807, 2.05) is 55.6 Å². The van der Waals surface area contributed by atoms with Crippen LogP contribution in [0.3, 0.4) is 0 Å². The number of ketones is 1. The number of carbonyl (C=O) groups excluding carboxylic acids is 4. The van der Waals surface area contributed by atoms with Crippen molar-refractivity contribution in [3.63, 3.8) is 0 Å². The molecule has 0 unspecified atom stereocenters. The first kappa shape index (κ1) is 23.5. The summed E-state index contributed by atoms with van der Waals surface area (Å²) < 4.78 is 0. The zero-order valence-corrected chi connectivity index (χ0v) is 21.4. The molecule has 3 amide bonds. The van der Waals surface area contributed by atoms with Crippen molar-refractivity contribution >= 4 is 45.8 Å². The number of carbonyl (C=O) groups is 4. The molecule has 3 N–H and O–H groups in total. The van der Waals surface area contributed by atoms with Crippen molar-refractivity contribution in [1.29, 1.82) is 0 Å². The van der Waals surface area contributed by atoms with E-state index in [4.69, 9.17) is 0 Å². The first-order valence-corrected chi connectivity index (χ1v) is 13.0. The molecule has 1 aromatic heterocycles. The lowest BCUT2D eigenvalue weighted by molar-refractivity contribution is -0.130. The van der Waals surface area contributed by atoms with Crippen LogP contribution in [0, 0.1) is 18.8 Å². The molecular weight excluding hydrogens is 492 g/mol. The maximum absolute atomic E-state index is 14.2. The van der Waals surface area contributed by atoms with Crippen LogP contribution in [0.2, 0.25) is 0 Å². The van der Waals surface area contributed by atoms with Crippen molar-refractivity contribution in [3.8, 4) is 0 Å². The second-order valence-corrected chi connectivity index (χ2v) is 10.7. The van der Waals surface area contributed by atoms with E-state index < -0.39 is 29.3 Å². The lowest BCUT2D eigenvalue weighted by Gasteiger charge is -2.29. The van der Waals surface area contributed by atoms with E-state index in [2.05, 4.69) is 15.6 Å². The van der Waals surface area contributed by atoms with Crippen LogP contribution in [0.15, 0.2) is 72.9 Å². The maximum Gasteiger partial charge on any atom is 0.250 e. The molecule has 2 saturated heterocycles. The number of fused-ring (bicyclic) bond motifs is 5. The minimum atomic E-state index is -1.37. The minimum absolute atomic E-state index is 0.103. The second-order valence-electron chi connectivity index (χ2n) is 10.7. The predicted octanol–water partition coefficient (Wildman–Crippen LogP) is 3.85. The normalized spacial score (nSPS) is 25.4. The molecule has 8 nitrogen and oxygen atoms in total. The Hall–Kier alpha value is -4.56. The summed E-state index contributed by atoms with van der Waals surface area (Å²) in [6, 6.07) is 19.6. The summed E-state index contributed by atoms with van der Waals surface area (Å²) in [4.78, 5) is 58.4. The number of aromatic amines is 1. The van der Waals surface area contributed by atoms with Crippen molar-refractivity contribution in [2.24, 2.45) is 11.8 Å². The molecule has 8 heteroatoms. The number of anilines is 2. The molecule has 0 radical (unpaired) electrons. The van der Waals surface area contributed by atoms with Crippen molar-refractivity contribution in [3.05, 3.63) is 95.2 Å². The highest BCUT2D eigenvalue weighted by molar-refractivity contribution is 6.26. The molecule has 0 aliphatic carbocycles. The molecule has 3 aliphatic rings. The highest BCUT2D eigenvalue weighted by Gasteiger charge is 2.70. The Labute approximate surface area is 224 Å². The molecule has 7 rings (SSSR count). The molecule has 4 aromatic rings. The monoisotopic (exact) mass is 518 g/mol. The average molecular weight is 519 g/mol. The number of Topliss-reactive ketones (excluding diaryl/α,β-unsaturated/α-hetero) is 1. The number of hydrogen-bond donors (Lipinski definition) is 3. The van der Waals surface area contributed by atoms with Gasteiger partial charge in [-0.05, 0) is 61.7 Å². The number of H-pyrrole nitrogens is 1. The first-order valence-electron chi connectivity index (χ1n) is 13.0. The van der Waals surface area contributed by atoms with Crippen molar-refractivity contribution in [2.75, 3.05) is 10.2 Å². The van der Waals surface area contributed by atoms with Crippen LogP contribution in [0.5, 0.6) is 0 Å². The standard InChI is InChI=1S/C31H26N4O4/c1-16-6-5-8-22-27(16)33-30(39)31(22)26-25(24(34-31)14-19-15-32-23-9-4-3-7-21(19)23)28(37)35(29(26)38)20-12-10-18(11-13-20)17(2)36/h3-13,15,24-26,32,34H,14H2,1-2H3,(H,33,39)/t24-,25+,26-,31+/m0/s1. The Kier molecular flexibility index (Phi) is 4.96. The largest absolute Gasteiger partial charge is 0.361 e. The van der Waals surface area contributed by atoms with Gasteiger partial charge < -0.3 is 10.3 Å². The molecule has 0 saturated carbocycles. The number of amides is 3. The van der Waals surface area contributed by atoms with Gasteiger partial charge in [0.2, 0.25) is 17.7 Å². The SMILES string of the molecule is CC(=O)c1ccc(N2C(=O)[C@@H]3[C@H](Cc4c[nH]c5ccccc45)N[C@@]4(C(=O)Nc5c(C)cccc54)[C@@H]3C2=O)cc1. The lowest BCUT2D eigenvalue weighted by atomic mass is 9.76. The summed E-state index contributed by atoms with van der Waals surface area (Å²) in [5.74, 6) is -2.86. The summed E-state index contributed by atoms with van der Waals surface area (Å²) in [6.45, 7) is 3.38. The zero-order valence-electron chi connectivity index (χ0n) is 21.4. The fourth-order valence-electron chi connectivity index (χ4n) is 6.79. The van der Waals surface area contributed by atoms with Crippen LogP contribution < -0.4 is 15.5 Å². The quantitative estimate of drug-likeness (QED) is 0.281. The number of nitrogens with zero attached hydrogens (tertiary/aromatic N) is 1. The van der Waals surface area contributed by atoms with Gasteiger partial charge in [-0.1, -0.05) is 36.4 Å². The number of nitrogens with one attached hydrogen (secondary N) is 3. The number of benzene rings is 3. The smallest absolute Gasteiger partial charge is 0.250 e. The molecule has 1 spiro atoms. The summed E-state index contributed by atoms with van der Waals surface area (Å²) in [5.41, 5.74) is 3.78. The summed E-state index contributed by atoms with van der Waals surface area (Å²) in [7, 11) is 0. The Morgan fingerprint density at radius 1 is 0.949 bits per heavy atom. The molecule has 3 aromatic carbocycles. The third-order valence-electron chi connectivity index (χ3n) is 8.61. The Morgan fingerprint density at radius 3 is 2.49 bits per heavy atom. The molecule has 2 fully saturated rings. The number of para-hydroxylation sites is 2. The third-order valence-corrected chi connectivity index (χ3v) is 8.61. The molecule has 3 aliphatic heterocycles. The van der Waals surface area contributed by atoms with Gasteiger partial charge in [0.25, 0.3) is 0 Å². The Balaban J connectivity index is 1.37. The average Bonchev–Trinajstić information content (AvgIpc) is 3.64. The molecule has 0 bridgehead atoms. The molecule has 194 valence electrons. The van der Waals surface area contributed by atoms with E-state index in [0.717, 1.165) is 22.0 Å². The van der Waals surface area contributed by atoms with Gasteiger partial charge in [-0.3, -0.25) is 24.5 Å². The van der Waals surface area contributed by atoms with E-state index in [1.165, 1.54) is 11.8 Å². The lowest BCUT2D eigenvalue weighted by Crippen LogP contribution is -2.53. The molecule has 4 atom stereocenters. The fourth-order valence-corrected chi connectivity index (χ4v) is 6.79. The summed E-state index contributed by atoms with van der Waals surface area (Å²) >= 11 is 0. The van der Waals surface area contributed by atoms with Crippen LogP contribution in [-0.2, 0) is 26.3 Å². The number of hydrogen-bond acceptors (Lipinski definition) is 5.